The van der Waals surface area contributed by atoms with Crippen molar-refractivity contribution in [1.29, 1.82) is 0 Å². The van der Waals surface area contributed by atoms with Crippen molar-refractivity contribution in [2.45, 2.75) is 19.6 Å². The minimum atomic E-state index is -2.57. The molecule has 0 saturated carbocycles. The molecule has 23 heavy (non-hydrogen) atoms. The molecule has 0 aliphatic carbocycles. The van der Waals surface area contributed by atoms with Gasteiger partial charge in [-0.2, -0.15) is 0 Å². The predicted octanol–water partition coefficient (Wildman–Crippen LogP) is 5.88. The largest absolute Gasteiger partial charge is 0.542 e. The van der Waals surface area contributed by atoms with Gasteiger partial charge in [-0.25, -0.2) is 0 Å². The monoisotopic (exact) mass is 344 g/mol. The molecule has 0 spiro atoms. The lowest BCUT2D eigenvalue weighted by Crippen LogP contribution is -2.25. The molecular weight excluding hydrogens is 319 g/mol. The van der Waals surface area contributed by atoms with Crippen molar-refractivity contribution in [2.24, 2.45) is 0 Å². The van der Waals surface area contributed by atoms with Crippen molar-refractivity contribution >= 4 is 21.0 Å². The maximum Gasteiger partial charge on any atom is 0.242 e. The van der Waals surface area contributed by atoms with Gasteiger partial charge in [0.2, 0.25) is 8.32 Å². The lowest BCUT2D eigenvalue weighted by atomic mass is 9.99. The normalized spacial score (nSPS) is 11.9. The van der Waals surface area contributed by atoms with Crippen molar-refractivity contribution < 1.29 is 8.99 Å². The Morgan fingerprint density at radius 1 is 0.826 bits per heavy atom. The first-order valence-electron chi connectivity index (χ1n) is 7.78. The number of hydrogen-bond donors (Lipinski definition) is 0. The molecule has 0 atom stereocenters. The molecule has 0 saturated heterocycles. The fraction of sp³-hybridized carbons (Fsp3) is 0.263. The molecule has 122 valence electrons. The molecule has 0 N–H and O–H groups in total. The van der Waals surface area contributed by atoms with Crippen LogP contribution in [0.15, 0.2) is 66.2 Å². The standard InChI is InChI=1S/C19H25O2PSi/c1-22(2,20)19(21-23(3,4)5)18(16-12-8-6-9-13-16)17-14-10-7-11-15-17/h6-15H,1-5H3. The molecule has 2 aromatic carbocycles. The van der Waals surface area contributed by atoms with Crippen LogP contribution < -0.4 is 0 Å². The fourth-order valence-corrected chi connectivity index (χ4v) is 5.52. The summed E-state index contributed by atoms with van der Waals surface area (Å²) >= 11 is 0. The van der Waals surface area contributed by atoms with Crippen LogP contribution in [0.1, 0.15) is 11.1 Å². The molecule has 0 radical (unpaired) electrons. The summed E-state index contributed by atoms with van der Waals surface area (Å²) in [4.78, 5) is 0. The molecule has 0 aliphatic heterocycles. The van der Waals surface area contributed by atoms with Crippen LogP contribution >= 0.6 is 7.14 Å². The zero-order valence-corrected chi connectivity index (χ0v) is 16.4. The summed E-state index contributed by atoms with van der Waals surface area (Å²) in [5, 5.41) is 0. The Morgan fingerprint density at radius 2 is 1.22 bits per heavy atom. The topological polar surface area (TPSA) is 26.3 Å². The van der Waals surface area contributed by atoms with Gasteiger partial charge < -0.3 is 8.99 Å². The lowest BCUT2D eigenvalue weighted by Gasteiger charge is -2.27. The molecule has 2 rings (SSSR count). The van der Waals surface area contributed by atoms with E-state index in [4.69, 9.17) is 4.43 Å². The van der Waals surface area contributed by atoms with Gasteiger partial charge in [0.25, 0.3) is 0 Å². The van der Waals surface area contributed by atoms with Crippen molar-refractivity contribution in [1.82, 2.24) is 0 Å². The third-order valence-electron chi connectivity index (χ3n) is 3.23. The Hall–Kier alpha value is -1.57. The van der Waals surface area contributed by atoms with E-state index in [0.29, 0.717) is 5.50 Å². The van der Waals surface area contributed by atoms with E-state index >= 15 is 0 Å². The minimum absolute atomic E-state index is 0.647. The Labute approximate surface area is 140 Å². The van der Waals surface area contributed by atoms with E-state index in [1.165, 1.54) is 0 Å². The first-order chi connectivity index (χ1) is 10.7. The van der Waals surface area contributed by atoms with E-state index in [1.54, 1.807) is 13.3 Å². The van der Waals surface area contributed by atoms with E-state index in [9.17, 15) is 4.57 Å². The molecule has 0 aliphatic rings. The predicted molar refractivity (Wildman–Crippen MR) is 103 cm³/mol. The summed E-state index contributed by atoms with van der Waals surface area (Å²) in [6.07, 6.45) is 0. The van der Waals surface area contributed by atoms with Gasteiger partial charge in [0.05, 0.1) is 0 Å². The van der Waals surface area contributed by atoms with Crippen LogP contribution in [0.5, 0.6) is 0 Å². The van der Waals surface area contributed by atoms with Crippen molar-refractivity contribution in [3.63, 3.8) is 0 Å². The van der Waals surface area contributed by atoms with Crippen LogP contribution in [-0.4, -0.2) is 21.6 Å². The molecule has 0 bridgehead atoms. The molecule has 4 heteroatoms. The second-order valence-corrected chi connectivity index (χ2v) is 14.5. The van der Waals surface area contributed by atoms with Crippen molar-refractivity contribution in [3.8, 4) is 0 Å². The summed E-state index contributed by atoms with van der Waals surface area (Å²) in [5.74, 6) is 0. The first-order valence-corrected chi connectivity index (χ1v) is 13.8. The van der Waals surface area contributed by atoms with Gasteiger partial charge in [0.15, 0.2) is 0 Å². The quantitative estimate of drug-likeness (QED) is 0.385. The van der Waals surface area contributed by atoms with E-state index in [2.05, 4.69) is 19.6 Å². The van der Waals surface area contributed by atoms with Crippen LogP contribution in [0.4, 0.5) is 0 Å². The minimum Gasteiger partial charge on any atom is -0.542 e. The summed E-state index contributed by atoms with van der Waals surface area (Å²) in [7, 11) is -4.46. The second-order valence-electron chi connectivity index (χ2n) is 6.98. The molecule has 0 heterocycles. The maximum absolute atomic E-state index is 13.0. The highest BCUT2D eigenvalue weighted by Crippen LogP contribution is 2.52. The van der Waals surface area contributed by atoms with E-state index < -0.39 is 15.5 Å². The highest BCUT2D eigenvalue weighted by molar-refractivity contribution is 7.66. The fourth-order valence-electron chi connectivity index (χ4n) is 2.34. The molecule has 2 aromatic rings. The number of rotatable bonds is 5. The Bertz CT molecular complexity index is 683. The summed E-state index contributed by atoms with van der Waals surface area (Å²) in [6.45, 7) is 9.94. The van der Waals surface area contributed by atoms with E-state index in [0.717, 1.165) is 16.7 Å². The molecule has 0 amide bonds. The zero-order valence-electron chi connectivity index (χ0n) is 14.5. The molecule has 0 fully saturated rings. The van der Waals surface area contributed by atoms with E-state index in [1.807, 2.05) is 60.7 Å². The summed E-state index contributed by atoms with van der Waals surface area (Å²) < 4.78 is 19.3. The van der Waals surface area contributed by atoms with Gasteiger partial charge in [-0.1, -0.05) is 60.7 Å². The van der Waals surface area contributed by atoms with Crippen LogP contribution in [0.25, 0.3) is 5.57 Å². The Morgan fingerprint density at radius 3 is 1.52 bits per heavy atom. The number of hydrogen-bond acceptors (Lipinski definition) is 2. The first kappa shape index (κ1) is 17.8. The van der Waals surface area contributed by atoms with Gasteiger partial charge in [0, 0.05) is 5.57 Å². The molecule has 2 nitrogen and oxygen atoms in total. The van der Waals surface area contributed by atoms with Gasteiger partial charge >= 0.3 is 0 Å². The number of benzene rings is 2. The summed E-state index contributed by atoms with van der Waals surface area (Å²) in [6, 6.07) is 20.2. The highest BCUT2D eigenvalue weighted by atomic mass is 31.2. The van der Waals surface area contributed by atoms with Gasteiger partial charge in [0.1, 0.15) is 12.6 Å². The average Bonchev–Trinajstić information content (AvgIpc) is 2.47. The zero-order chi connectivity index (χ0) is 17.1. The molecule has 0 aromatic heterocycles. The third kappa shape index (κ3) is 4.95. The van der Waals surface area contributed by atoms with Gasteiger partial charge in [-0.05, 0) is 44.1 Å². The third-order valence-corrected chi connectivity index (χ3v) is 5.51. The lowest BCUT2D eigenvalue weighted by molar-refractivity contribution is 0.451. The average molecular weight is 344 g/mol. The Kier molecular flexibility index (Phi) is 5.33. The van der Waals surface area contributed by atoms with Crippen molar-refractivity contribution in [2.75, 3.05) is 13.3 Å². The SMILES string of the molecule is C[Si](C)(C)OC(=C(c1ccccc1)c1ccccc1)P(C)(C)=O. The molecular formula is C19H25O2PSi. The van der Waals surface area contributed by atoms with Gasteiger partial charge in [-0.15, -0.1) is 0 Å². The van der Waals surface area contributed by atoms with Crippen LogP contribution in [0.2, 0.25) is 19.6 Å². The summed E-state index contributed by atoms with van der Waals surface area (Å²) in [5.41, 5.74) is 3.67. The van der Waals surface area contributed by atoms with Crippen LogP contribution in [0.3, 0.4) is 0 Å². The van der Waals surface area contributed by atoms with Crippen molar-refractivity contribution in [3.05, 3.63) is 77.3 Å². The maximum atomic E-state index is 13.0. The smallest absolute Gasteiger partial charge is 0.242 e. The Balaban J connectivity index is 2.78. The highest BCUT2D eigenvalue weighted by Gasteiger charge is 2.29. The van der Waals surface area contributed by atoms with Crippen LogP contribution in [0, 0.1) is 0 Å². The van der Waals surface area contributed by atoms with E-state index in [-0.39, 0.29) is 0 Å². The van der Waals surface area contributed by atoms with Crippen LogP contribution in [-0.2, 0) is 8.99 Å². The molecule has 0 unspecified atom stereocenters. The van der Waals surface area contributed by atoms with Gasteiger partial charge in [-0.3, -0.25) is 0 Å². The second kappa shape index (κ2) is 6.90.